The molecule has 0 spiro atoms. The number of carbonyl (C=O) groups excluding carboxylic acids is 2. The zero-order chi connectivity index (χ0) is 18.3. The molecule has 0 radical (unpaired) electrons. The van der Waals surface area contributed by atoms with E-state index < -0.39 is 38.2 Å². The van der Waals surface area contributed by atoms with Gasteiger partial charge in [-0.05, 0) is 33.3 Å². The minimum atomic E-state index is -3.55. The van der Waals surface area contributed by atoms with Gasteiger partial charge in [-0.15, -0.1) is 0 Å². The number of aryl methyl sites for hydroxylation is 1. The highest BCUT2D eigenvalue weighted by Crippen LogP contribution is 2.54. The summed E-state index contributed by atoms with van der Waals surface area (Å²) in [6, 6.07) is 7.24. The molecule has 1 saturated carbocycles. The minimum Gasteiger partial charge on any atom is -0.444 e. The molecule has 1 aliphatic rings. The smallest absolute Gasteiger partial charge is 0.408 e. The van der Waals surface area contributed by atoms with Gasteiger partial charge in [0.15, 0.2) is 9.84 Å². The predicted octanol–water partition coefficient (Wildman–Crippen LogP) is 1.97. The summed E-state index contributed by atoms with van der Waals surface area (Å²) < 4.78 is 29.4. The normalized spacial score (nSPS) is 26.5. The molecule has 1 aromatic rings. The highest BCUT2D eigenvalue weighted by molar-refractivity contribution is 7.91. The van der Waals surface area contributed by atoms with Gasteiger partial charge in [0.05, 0.1) is 0 Å². The second-order valence-electron chi connectivity index (χ2n) is 7.32. The van der Waals surface area contributed by atoms with Gasteiger partial charge in [0, 0.05) is 12.2 Å². The van der Waals surface area contributed by atoms with Crippen molar-refractivity contribution in [2.45, 2.75) is 50.0 Å². The minimum absolute atomic E-state index is 0.507. The Labute approximate surface area is 142 Å². The molecule has 0 aliphatic heterocycles. The number of hydrogen-bond acceptors (Lipinski definition) is 5. The van der Waals surface area contributed by atoms with Gasteiger partial charge >= 0.3 is 6.09 Å². The molecule has 1 N–H and O–H groups in total. The van der Waals surface area contributed by atoms with Crippen LogP contribution in [0.4, 0.5) is 4.79 Å². The van der Waals surface area contributed by atoms with E-state index in [0.29, 0.717) is 11.8 Å². The first-order valence-corrected chi connectivity index (χ1v) is 9.59. The van der Waals surface area contributed by atoms with Crippen LogP contribution in [-0.4, -0.2) is 43.4 Å². The molecule has 0 unspecified atom stereocenters. The number of alkyl carbamates (subject to hydrolysis) is 1. The predicted molar refractivity (Wildman–Crippen MR) is 90.7 cm³/mol. The van der Waals surface area contributed by atoms with Crippen molar-refractivity contribution in [2.24, 2.45) is 0 Å². The zero-order valence-electron chi connectivity index (χ0n) is 14.5. The molecule has 0 heterocycles. The molecule has 0 saturated heterocycles. The zero-order valence-corrected chi connectivity index (χ0v) is 15.3. The molecule has 24 heavy (non-hydrogen) atoms. The highest BCUT2D eigenvalue weighted by Gasteiger charge is 2.71. The lowest BCUT2D eigenvalue weighted by atomic mass is 10.1. The van der Waals surface area contributed by atoms with Crippen LogP contribution in [-0.2, 0) is 19.4 Å². The van der Waals surface area contributed by atoms with Crippen molar-refractivity contribution in [2.75, 3.05) is 6.26 Å². The molecule has 3 atom stereocenters. The molecule has 7 heteroatoms. The van der Waals surface area contributed by atoms with Gasteiger partial charge in [0.2, 0.25) is 0 Å². The fraction of sp³-hybridized carbons (Fsp3) is 0.529. The number of hydrogen-bond donors (Lipinski definition) is 1. The number of carbonyl (C=O) groups is 2. The van der Waals surface area contributed by atoms with Gasteiger partial charge in [0.25, 0.3) is 0 Å². The van der Waals surface area contributed by atoms with Crippen LogP contribution in [0.5, 0.6) is 0 Å². The van der Waals surface area contributed by atoms with Gasteiger partial charge in [-0.25, -0.2) is 13.2 Å². The molecule has 1 aliphatic carbocycles. The van der Waals surface area contributed by atoms with Gasteiger partial charge in [-0.2, -0.15) is 0 Å². The molecule has 2 rings (SSSR count). The van der Waals surface area contributed by atoms with Crippen LogP contribution in [0.1, 0.15) is 37.8 Å². The van der Waals surface area contributed by atoms with Crippen molar-refractivity contribution in [1.82, 2.24) is 5.32 Å². The molecule has 1 aromatic carbocycles. The number of ether oxygens (including phenoxy) is 1. The summed E-state index contributed by atoms with van der Waals surface area (Å²) >= 11 is 0. The summed E-state index contributed by atoms with van der Waals surface area (Å²) in [6.45, 7) is 6.99. The standard InChI is InChI=1S/C17H23NO5S/c1-11-6-8-12(9-7-11)13-14(24(5,21)22)17(13,10-19)18-15(20)23-16(2,3)4/h6-10,13-14H,1-5H3,(H,18,20)/t13-,14-,17+/m0/s1. The third-order valence-corrected chi connectivity index (χ3v) is 5.57. The second kappa shape index (κ2) is 5.88. The van der Waals surface area contributed by atoms with E-state index in [9.17, 15) is 18.0 Å². The fourth-order valence-corrected chi connectivity index (χ4v) is 4.77. The monoisotopic (exact) mass is 353 g/mol. The summed E-state index contributed by atoms with van der Waals surface area (Å²) in [4.78, 5) is 23.9. The molecule has 1 fully saturated rings. The summed E-state index contributed by atoms with van der Waals surface area (Å²) in [7, 11) is -3.55. The van der Waals surface area contributed by atoms with Gasteiger partial charge in [-0.3, -0.25) is 0 Å². The number of rotatable bonds is 4. The van der Waals surface area contributed by atoms with E-state index in [1.807, 2.05) is 19.1 Å². The molecule has 132 valence electrons. The van der Waals surface area contributed by atoms with Crippen molar-refractivity contribution in [1.29, 1.82) is 0 Å². The van der Waals surface area contributed by atoms with E-state index in [4.69, 9.17) is 4.74 Å². The van der Waals surface area contributed by atoms with Crippen LogP contribution in [0.15, 0.2) is 24.3 Å². The number of amides is 1. The van der Waals surface area contributed by atoms with E-state index in [2.05, 4.69) is 5.32 Å². The van der Waals surface area contributed by atoms with Gasteiger partial charge in [0.1, 0.15) is 22.7 Å². The Morgan fingerprint density at radius 2 is 1.79 bits per heavy atom. The Morgan fingerprint density at radius 3 is 2.21 bits per heavy atom. The maximum atomic E-state index is 12.1. The Hall–Kier alpha value is -1.89. The van der Waals surface area contributed by atoms with Crippen LogP contribution in [0.25, 0.3) is 0 Å². The van der Waals surface area contributed by atoms with Crippen LogP contribution >= 0.6 is 0 Å². The molecular weight excluding hydrogens is 330 g/mol. The van der Waals surface area contributed by atoms with Gasteiger partial charge < -0.3 is 14.8 Å². The van der Waals surface area contributed by atoms with Crippen LogP contribution < -0.4 is 5.32 Å². The largest absolute Gasteiger partial charge is 0.444 e. The number of nitrogens with one attached hydrogen (secondary N) is 1. The lowest BCUT2D eigenvalue weighted by Gasteiger charge is -2.22. The maximum Gasteiger partial charge on any atom is 0.408 e. The Bertz CT molecular complexity index is 748. The molecule has 1 amide bonds. The van der Waals surface area contributed by atoms with Crippen molar-refractivity contribution in [3.8, 4) is 0 Å². The maximum absolute atomic E-state index is 12.1. The number of benzene rings is 1. The summed E-state index contributed by atoms with van der Waals surface area (Å²) in [6.07, 6.45) is 0.770. The summed E-state index contributed by atoms with van der Waals surface area (Å²) in [5.74, 6) is -0.627. The quantitative estimate of drug-likeness (QED) is 0.836. The lowest BCUT2D eigenvalue weighted by molar-refractivity contribution is -0.110. The highest BCUT2D eigenvalue weighted by atomic mass is 32.2. The number of sulfone groups is 1. The Kier molecular flexibility index (Phi) is 4.52. The molecular formula is C17H23NO5S. The van der Waals surface area contributed by atoms with Crippen LogP contribution in [0.2, 0.25) is 0 Å². The average Bonchev–Trinajstić information content (AvgIpc) is 3.06. The molecule has 6 nitrogen and oxygen atoms in total. The summed E-state index contributed by atoms with van der Waals surface area (Å²) in [5, 5.41) is 1.48. The third-order valence-electron chi connectivity index (χ3n) is 3.99. The molecule has 0 bridgehead atoms. The topological polar surface area (TPSA) is 89.5 Å². The SMILES string of the molecule is Cc1ccc([C@H]2[C@H](S(C)(=O)=O)[C@]2(C=O)NC(=O)OC(C)(C)C)cc1. The van der Waals surface area contributed by atoms with E-state index >= 15 is 0 Å². The van der Waals surface area contributed by atoms with E-state index in [-0.39, 0.29) is 0 Å². The Morgan fingerprint density at radius 1 is 1.25 bits per heavy atom. The van der Waals surface area contributed by atoms with Crippen LogP contribution in [0.3, 0.4) is 0 Å². The van der Waals surface area contributed by atoms with Crippen LogP contribution in [0, 0.1) is 6.92 Å². The molecule has 0 aromatic heterocycles. The fourth-order valence-electron chi connectivity index (χ4n) is 3.00. The average molecular weight is 353 g/mol. The van der Waals surface area contributed by atoms with Crippen molar-refractivity contribution in [3.63, 3.8) is 0 Å². The summed E-state index contributed by atoms with van der Waals surface area (Å²) in [5.41, 5.74) is -0.528. The second-order valence-corrected chi connectivity index (χ2v) is 9.48. The van der Waals surface area contributed by atoms with Crippen molar-refractivity contribution < 1.29 is 22.7 Å². The van der Waals surface area contributed by atoms with Gasteiger partial charge in [-0.1, -0.05) is 29.8 Å². The first kappa shape index (κ1) is 18.4. The van der Waals surface area contributed by atoms with E-state index in [1.54, 1.807) is 32.9 Å². The van der Waals surface area contributed by atoms with Crippen molar-refractivity contribution in [3.05, 3.63) is 35.4 Å². The van der Waals surface area contributed by atoms with E-state index in [1.165, 1.54) is 0 Å². The first-order valence-electron chi connectivity index (χ1n) is 7.63. The number of aldehydes is 1. The van der Waals surface area contributed by atoms with E-state index in [0.717, 1.165) is 11.8 Å². The Balaban J connectivity index is 2.36. The lowest BCUT2D eigenvalue weighted by Crippen LogP contribution is -2.45. The van der Waals surface area contributed by atoms with Crippen molar-refractivity contribution >= 4 is 22.2 Å². The third kappa shape index (κ3) is 3.61. The first-order chi connectivity index (χ1) is 10.9.